The molecule has 0 N–H and O–H groups in total. The van der Waals surface area contributed by atoms with Gasteiger partial charge in [0.15, 0.2) is 0 Å². The van der Waals surface area contributed by atoms with Gasteiger partial charge >= 0.3 is 0 Å². The summed E-state index contributed by atoms with van der Waals surface area (Å²) in [5.74, 6) is 0. The molecule has 1 nitrogen and oxygen atoms in total. The van der Waals surface area contributed by atoms with E-state index in [1.165, 1.54) is 59.8 Å². The van der Waals surface area contributed by atoms with E-state index in [0.29, 0.717) is 0 Å². The first-order chi connectivity index (χ1) is 21.1. The third kappa shape index (κ3) is 4.07. The minimum Gasteiger partial charge on any atom is -0.310 e. The Labute approximate surface area is 284 Å². The summed E-state index contributed by atoms with van der Waals surface area (Å²) in [6.07, 6.45) is 0. The predicted molar refractivity (Wildman–Crippen MR) is 197 cm³/mol. The highest BCUT2D eigenvalue weighted by Gasteiger charge is 2.42. The van der Waals surface area contributed by atoms with E-state index >= 15 is 0 Å². The lowest BCUT2D eigenvalue weighted by atomic mass is 9.79. The van der Waals surface area contributed by atoms with E-state index in [1.54, 1.807) is 0 Å². The molecule has 6 aromatic carbocycles. The number of anilines is 3. The Morgan fingerprint density at radius 1 is 0.455 bits per heavy atom. The summed E-state index contributed by atoms with van der Waals surface area (Å²) in [6.45, 7) is 9.53. The van der Waals surface area contributed by atoms with Crippen molar-refractivity contribution < 1.29 is 0 Å². The molecule has 216 valence electrons. The minimum atomic E-state index is -0.154. The smallest absolute Gasteiger partial charge is 0.0465 e. The van der Waals surface area contributed by atoms with Crippen molar-refractivity contribution in [1.29, 1.82) is 0 Å². The summed E-state index contributed by atoms with van der Waals surface area (Å²) < 4.78 is 3.31. The van der Waals surface area contributed by atoms with E-state index in [2.05, 4.69) is 190 Å². The summed E-state index contributed by atoms with van der Waals surface area (Å²) in [7, 11) is 0. The largest absolute Gasteiger partial charge is 0.310 e. The van der Waals surface area contributed by atoms with Crippen LogP contribution in [0.3, 0.4) is 0 Å². The van der Waals surface area contributed by atoms with Crippen molar-refractivity contribution in [2.24, 2.45) is 0 Å². The highest BCUT2D eigenvalue weighted by atomic mass is 79.9. The Morgan fingerprint density at radius 2 is 0.955 bits per heavy atom. The summed E-state index contributed by atoms with van der Waals surface area (Å²) in [4.78, 5) is 2.35. The van der Waals surface area contributed by atoms with Crippen molar-refractivity contribution in [2.45, 2.75) is 38.5 Å². The highest BCUT2D eigenvalue weighted by Crippen LogP contribution is 2.58. The van der Waals surface area contributed by atoms with Gasteiger partial charge in [-0.3, -0.25) is 0 Å². The van der Waals surface area contributed by atoms with Gasteiger partial charge in [-0.05, 0) is 134 Å². The summed E-state index contributed by atoms with van der Waals surface area (Å²) in [5, 5.41) is 2.59. The molecule has 0 amide bonds. The number of halogens is 3. The molecule has 0 bridgehead atoms. The fourth-order valence-corrected chi connectivity index (χ4v) is 8.62. The summed E-state index contributed by atoms with van der Waals surface area (Å²) in [5.41, 5.74) is 14.2. The van der Waals surface area contributed by atoms with Gasteiger partial charge in [0.2, 0.25) is 0 Å². The average molecular weight is 764 g/mol. The fourth-order valence-electron chi connectivity index (χ4n) is 7.52. The van der Waals surface area contributed by atoms with E-state index in [9.17, 15) is 0 Å². The SMILES string of the molecule is CC1(C)c2cc(N(c3ccc(Br)cc3)c3ccc(Br)cc3)ccc2-c2cc3c(cc21)-c1c(cc(Br)c2ccccc12)C3(C)C. The first-order valence-electron chi connectivity index (χ1n) is 14.9. The van der Waals surface area contributed by atoms with Crippen molar-refractivity contribution in [3.05, 3.63) is 145 Å². The van der Waals surface area contributed by atoms with Crippen LogP contribution in [0.15, 0.2) is 123 Å². The lowest BCUT2D eigenvalue weighted by Gasteiger charge is -2.28. The van der Waals surface area contributed by atoms with Crippen LogP contribution >= 0.6 is 47.8 Å². The van der Waals surface area contributed by atoms with Gasteiger partial charge in [0.25, 0.3) is 0 Å². The monoisotopic (exact) mass is 761 g/mol. The number of fused-ring (bicyclic) bond motifs is 8. The van der Waals surface area contributed by atoms with Gasteiger partial charge in [0.1, 0.15) is 0 Å². The van der Waals surface area contributed by atoms with E-state index in [-0.39, 0.29) is 10.8 Å². The van der Waals surface area contributed by atoms with Gasteiger partial charge in [-0.25, -0.2) is 0 Å². The zero-order valence-corrected chi connectivity index (χ0v) is 29.7. The van der Waals surface area contributed by atoms with Crippen LogP contribution in [-0.2, 0) is 10.8 Å². The second-order valence-corrected chi connectivity index (χ2v) is 15.7. The van der Waals surface area contributed by atoms with Crippen LogP contribution in [0.2, 0.25) is 0 Å². The molecule has 0 aliphatic heterocycles. The minimum absolute atomic E-state index is 0.0982. The molecule has 44 heavy (non-hydrogen) atoms. The van der Waals surface area contributed by atoms with Crippen LogP contribution in [-0.4, -0.2) is 0 Å². The van der Waals surface area contributed by atoms with Crippen LogP contribution in [0.25, 0.3) is 33.0 Å². The number of rotatable bonds is 3. The van der Waals surface area contributed by atoms with Crippen LogP contribution < -0.4 is 4.90 Å². The normalized spacial score (nSPS) is 15.1. The van der Waals surface area contributed by atoms with Crippen LogP contribution in [0.5, 0.6) is 0 Å². The van der Waals surface area contributed by atoms with Crippen molar-refractivity contribution in [3.63, 3.8) is 0 Å². The number of hydrogen-bond acceptors (Lipinski definition) is 1. The quantitative estimate of drug-likeness (QED) is 0.173. The summed E-state index contributed by atoms with van der Waals surface area (Å²) in [6, 6.07) is 40.3. The van der Waals surface area contributed by atoms with Crippen LogP contribution in [0.1, 0.15) is 49.9 Å². The molecule has 0 heterocycles. The Kier molecular flexibility index (Phi) is 6.37. The highest BCUT2D eigenvalue weighted by molar-refractivity contribution is 9.11. The molecule has 0 radical (unpaired) electrons. The molecule has 8 rings (SSSR count). The van der Waals surface area contributed by atoms with Crippen molar-refractivity contribution in [3.8, 4) is 22.3 Å². The molecule has 0 atom stereocenters. The van der Waals surface area contributed by atoms with E-state index in [0.717, 1.165) is 26.0 Å². The maximum Gasteiger partial charge on any atom is 0.0465 e. The lowest BCUT2D eigenvalue weighted by molar-refractivity contribution is 0.652. The van der Waals surface area contributed by atoms with Crippen molar-refractivity contribution in [2.75, 3.05) is 4.90 Å². The molecular weight excluding hydrogens is 734 g/mol. The van der Waals surface area contributed by atoms with E-state index in [4.69, 9.17) is 0 Å². The molecule has 0 unspecified atom stereocenters. The third-order valence-corrected chi connectivity index (χ3v) is 11.5. The van der Waals surface area contributed by atoms with Gasteiger partial charge in [-0.1, -0.05) is 106 Å². The molecule has 2 aliphatic rings. The Morgan fingerprint density at radius 3 is 1.59 bits per heavy atom. The number of nitrogens with zero attached hydrogens (tertiary/aromatic N) is 1. The zero-order chi connectivity index (χ0) is 30.5. The predicted octanol–water partition coefficient (Wildman–Crippen LogP) is 13.2. The van der Waals surface area contributed by atoms with Crippen molar-refractivity contribution >= 4 is 75.6 Å². The third-order valence-electron chi connectivity index (χ3n) is 9.84. The van der Waals surface area contributed by atoms with E-state index < -0.39 is 0 Å². The molecule has 0 saturated heterocycles. The molecule has 6 aromatic rings. The fraction of sp³-hybridized carbons (Fsp3) is 0.150. The second-order valence-electron chi connectivity index (χ2n) is 13.0. The molecule has 2 aliphatic carbocycles. The average Bonchev–Trinajstić information content (AvgIpc) is 3.37. The topological polar surface area (TPSA) is 3.24 Å². The second kappa shape index (κ2) is 9.91. The first kappa shape index (κ1) is 28.3. The molecule has 0 fully saturated rings. The van der Waals surface area contributed by atoms with Gasteiger partial charge in [-0.2, -0.15) is 0 Å². The van der Waals surface area contributed by atoms with Gasteiger partial charge in [0, 0.05) is 41.3 Å². The standard InChI is InChI=1S/C40H30Br3N/c1-39(2)33-19-27(44(25-13-9-23(41)10-14-25)26-15-11-24(42)12-16-26)17-18-28(33)31-20-35-32(21-34(31)39)38-30-8-6-5-7-29(30)37(43)22-36(38)40(35,3)4/h5-22H,1-4H3. The lowest BCUT2D eigenvalue weighted by Crippen LogP contribution is -2.17. The molecule has 0 aromatic heterocycles. The molecule has 0 saturated carbocycles. The Hall–Kier alpha value is -3.18. The molecule has 0 spiro atoms. The number of hydrogen-bond donors (Lipinski definition) is 0. The summed E-state index contributed by atoms with van der Waals surface area (Å²) >= 11 is 11.1. The van der Waals surface area contributed by atoms with Crippen LogP contribution in [0, 0.1) is 0 Å². The van der Waals surface area contributed by atoms with E-state index in [1.807, 2.05) is 0 Å². The molecule has 4 heteroatoms. The first-order valence-corrected chi connectivity index (χ1v) is 17.3. The Bertz CT molecular complexity index is 2100. The maximum atomic E-state index is 3.89. The Balaban J connectivity index is 1.31. The van der Waals surface area contributed by atoms with Crippen molar-refractivity contribution in [1.82, 2.24) is 0 Å². The molecular formula is C40H30Br3N. The maximum absolute atomic E-state index is 3.89. The number of benzene rings is 6. The van der Waals surface area contributed by atoms with Crippen LogP contribution in [0.4, 0.5) is 17.1 Å². The van der Waals surface area contributed by atoms with Gasteiger partial charge < -0.3 is 4.90 Å². The van der Waals surface area contributed by atoms with Gasteiger partial charge in [-0.15, -0.1) is 0 Å². The van der Waals surface area contributed by atoms with Gasteiger partial charge in [0.05, 0.1) is 0 Å². The zero-order valence-electron chi connectivity index (χ0n) is 25.0.